The van der Waals surface area contributed by atoms with Gasteiger partial charge in [-0.25, -0.2) is 8.98 Å². The highest BCUT2D eigenvalue weighted by Crippen LogP contribution is 2.67. The van der Waals surface area contributed by atoms with Gasteiger partial charge in [-0.2, -0.15) is 8.42 Å². The zero-order valence-electron chi connectivity index (χ0n) is 33.0. The summed E-state index contributed by atoms with van der Waals surface area (Å²) in [4.78, 5) is 12.0. The minimum atomic E-state index is -4.86. The first-order chi connectivity index (χ1) is 26.2. The van der Waals surface area contributed by atoms with E-state index in [2.05, 4.69) is 47.6 Å². The van der Waals surface area contributed by atoms with Crippen molar-refractivity contribution < 1.29 is 76.3 Å². The molecule has 6 fully saturated rings. The molecule has 7 aliphatic rings. The van der Waals surface area contributed by atoms with Gasteiger partial charge >= 0.3 is 16.4 Å². The predicted molar refractivity (Wildman–Crippen MR) is 195 cm³/mol. The van der Waals surface area contributed by atoms with E-state index in [1.165, 1.54) is 5.57 Å². The van der Waals surface area contributed by atoms with E-state index in [1.807, 2.05) is 0 Å². The molecule has 4 aliphatic carbocycles. The maximum Gasteiger partial charge on any atom is 0.397 e. The van der Waals surface area contributed by atoms with Crippen LogP contribution in [0.3, 0.4) is 0 Å². The van der Waals surface area contributed by atoms with Gasteiger partial charge in [0.25, 0.3) is 0 Å². The number of allylic oxidation sites excluding steroid dienone is 2. The van der Waals surface area contributed by atoms with Gasteiger partial charge in [0.2, 0.25) is 0 Å². The third-order valence-electron chi connectivity index (χ3n) is 15.4. The summed E-state index contributed by atoms with van der Waals surface area (Å²) in [6, 6.07) is 0. The van der Waals surface area contributed by atoms with Crippen molar-refractivity contribution in [1.29, 1.82) is 0 Å². The SMILES string of the molecule is CC(C)[C@@H](C)[C@@H]1O[C@H]1[C@@H](C)[C@H]1CC[C@H]2[C@@H]3C[C@H](OS(=O)(=O)O)[C@H]4C[C@@H](O[C@@H]5O[C@H](C(=O)O)[C@@H](O)[C@H](O)[C@H]5O[C@@H]5OC[C@H](O)[C@H](O)[C@H]5O)CC[C@]4(C)C3=CC[C@]12C. The first-order valence-electron chi connectivity index (χ1n) is 20.4. The zero-order valence-corrected chi connectivity index (χ0v) is 33.8. The molecule has 3 saturated heterocycles. The van der Waals surface area contributed by atoms with Gasteiger partial charge in [0, 0.05) is 0 Å². The minimum absolute atomic E-state index is 0.0273. The first-order valence-corrected chi connectivity index (χ1v) is 21.8. The molecule has 0 aromatic heterocycles. The third-order valence-corrected chi connectivity index (χ3v) is 15.9. The van der Waals surface area contributed by atoms with Gasteiger partial charge in [-0.05, 0) is 97.2 Å². The van der Waals surface area contributed by atoms with Crippen molar-refractivity contribution in [1.82, 2.24) is 0 Å². The molecule has 0 unspecified atom stereocenters. The molecule has 0 spiro atoms. The molecule has 0 amide bonds. The Kier molecular flexibility index (Phi) is 11.9. The molecule has 0 aromatic rings. The Morgan fingerprint density at radius 2 is 1.59 bits per heavy atom. The number of carbonyl (C=O) groups is 1. The van der Waals surface area contributed by atoms with E-state index in [1.54, 1.807) is 0 Å². The number of carboxylic acids is 1. The van der Waals surface area contributed by atoms with Crippen LogP contribution in [-0.4, -0.2) is 136 Å². The third kappa shape index (κ3) is 7.64. The molecule has 21 atom stereocenters. The lowest BCUT2D eigenvalue weighted by molar-refractivity contribution is -0.359. The average Bonchev–Trinajstić information content (AvgIpc) is 3.84. The van der Waals surface area contributed by atoms with Crippen LogP contribution in [0.2, 0.25) is 0 Å². The van der Waals surface area contributed by atoms with E-state index in [0.29, 0.717) is 42.9 Å². The first kappa shape index (κ1) is 42.8. The fourth-order valence-electron chi connectivity index (χ4n) is 11.9. The molecule has 0 aromatic carbocycles. The van der Waals surface area contributed by atoms with Gasteiger partial charge in [0.1, 0.15) is 36.6 Å². The Morgan fingerprint density at radius 1 is 0.875 bits per heavy atom. The molecular weight excluding hydrogens is 756 g/mol. The summed E-state index contributed by atoms with van der Waals surface area (Å²) in [5.74, 6) is 0.0835. The monoisotopic (exact) mass is 818 g/mol. The number of aliphatic hydroxyl groups is 5. The molecule has 56 heavy (non-hydrogen) atoms. The number of hydrogen-bond donors (Lipinski definition) is 7. The van der Waals surface area contributed by atoms with Crippen molar-refractivity contribution in [2.75, 3.05) is 6.61 Å². The van der Waals surface area contributed by atoms with Crippen molar-refractivity contribution in [3.8, 4) is 0 Å². The van der Waals surface area contributed by atoms with E-state index in [4.69, 9.17) is 27.9 Å². The van der Waals surface area contributed by atoms with Crippen LogP contribution in [0.5, 0.6) is 0 Å². The number of carboxylic acid groups (broad SMARTS) is 1. The van der Waals surface area contributed by atoms with Crippen molar-refractivity contribution in [2.24, 2.45) is 52.3 Å². The smallest absolute Gasteiger partial charge is 0.397 e. The van der Waals surface area contributed by atoms with Crippen LogP contribution < -0.4 is 0 Å². The van der Waals surface area contributed by atoms with Crippen molar-refractivity contribution in [3.05, 3.63) is 11.6 Å². The van der Waals surface area contributed by atoms with Crippen LogP contribution in [-0.2, 0) is 43.1 Å². The highest BCUT2D eigenvalue weighted by atomic mass is 32.3. The molecule has 17 heteroatoms. The van der Waals surface area contributed by atoms with Gasteiger partial charge in [0.05, 0.1) is 31.0 Å². The lowest BCUT2D eigenvalue weighted by atomic mass is 9.47. The minimum Gasteiger partial charge on any atom is -0.479 e. The Bertz CT molecular complexity index is 1590. The van der Waals surface area contributed by atoms with Crippen molar-refractivity contribution >= 4 is 16.4 Å². The fourth-order valence-corrected chi connectivity index (χ4v) is 12.4. The van der Waals surface area contributed by atoms with Gasteiger partial charge in [-0.15, -0.1) is 0 Å². The molecule has 0 radical (unpaired) electrons. The summed E-state index contributed by atoms with van der Waals surface area (Å²) >= 11 is 0. The van der Waals surface area contributed by atoms with Crippen molar-refractivity contribution in [2.45, 2.75) is 166 Å². The normalized spacial score (nSPS) is 50.3. The van der Waals surface area contributed by atoms with Gasteiger partial charge in [-0.1, -0.05) is 53.2 Å². The Morgan fingerprint density at radius 3 is 2.25 bits per heavy atom. The van der Waals surface area contributed by atoms with Crippen LogP contribution in [0.15, 0.2) is 11.6 Å². The number of ether oxygens (including phenoxy) is 5. The summed E-state index contributed by atoms with van der Waals surface area (Å²) in [6.07, 6.45) is -9.71. The summed E-state index contributed by atoms with van der Waals surface area (Å²) in [7, 11) is -4.86. The lowest BCUT2D eigenvalue weighted by Gasteiger charge is -2.59. The van der Waals surface area contributed by atoms with Crippen LogP contribution >= 0.6 is 0 Å². The predicted octanol–water partition coefficient (Wildman–Crippen LogP) is 1.80. The maximum atomic E-state index is 12.4. The van der Waals surface area contributed by atoms with Gasteiger partial charge in [0.15, 0.2) is 18.7 Å². The Labute approximate surface area is 328 Å². The molecule has 0 bridgehead atoms. The number of fused-ring (bicyclic) bond motifs is 5. The van der Waals surface area contributed by atoms with E-state index >= 15 is 0 Å². The molecule has 320 valence electrons. The number of aliphatic carboxylic acids is 1. The molecule has 3 saturated carbocycles. The largest absolute Gasteiger partial charge is 0.479 e. The second-order valence-electron chi connectivity index (χ2n) is 18.7. The van der Waals surface area contributed by atoms with Crippen LogP contribution in [0, 0.1) is 52.3 Å². The summed E-state index contributed by atoms with van der Waals surface area (Å²) in [5, 5.41) is 62.2. The van der Waals surface area contributed by atoms with Gasteiger partial charge < -0.3 is 54.3 Å². The highest BCUT2D eigenvalue weighted by molar-refractivity contribution is 7.80. The molecule has 3 heterocycles. The van der Waals surface area contributed by atoms with E-state index in [-0.39, 0.29) is 35.9 Å². The highest BCUT2D eigenvalue weighted by Gasteiger charge is 2.63. The van der Waals surface area contributed by atoms with Crippen LogP contribution in [0.25, 0.3) is 0 Å². The summed E-state index contributed by atoms with van der Waals surface area (Å²) in [6.45, 7) is 13.1. The van der Waals surface area contributed by atoms with Gasteiger partial charge in [-0.3, -0.25) is 4.55 Å². The summed E-state index contributed by atoms with van der Waals surface area (Å²) in [5.41, 5.74) is 0.713. The topological polar surface area (TPSA) is 251 Å². The number of hydrogen-bond acceptors (Lipinski definition) is 14. The van der Waals surface area contributed by atoms with E-state index in [9.17, 15) is 48.4 Å². The molecule has 7 N–H and O–H groups in total. The summed E-state index contributed by atoms with van der Waals surface area (Å²) < 4.78 is 69.9. The molecule has 7 rings (SSSR count). The Balaban J connectivity index is 1.12. The second kappa shape index (κ2) is 15.6. The zero-order chi connectivity index (χ0) is 40.8. The molecular formula is C39H62O16S. The van der Waals surface area contributed by atoms with Crippen LogP contribution in [0.1, 0.15) is 86.5 Å². The lowest BCUT2D eigenvalue weighted by Crippen LogP contribution is -2.64. The van der Waals surface area contributed by atoms with Crippen molar-refractivity contribution in [3.63, 3.8) is 0 Å². The molecule has 16 nitrogen and oxygen atoms in total. The number of epoxide rings is 1. The van der Waals surface area contributed by atoms with Crippen LogP contribution in [0.4, 0.5) is 0 Å². The Hall–Kier alpha value is -1.32. The maximum absolute atomic E-state index is 12.4. The fraction of sp³-hybridized carbons (Fsp3) is 0.923. The van der Waals surface area contributed by atoms with E-state index in [0.717, 1.165) is 19.3 Å². The average molecular weight is 819 g/mol. The second-order valence-corrected chi connectivity index (χ2v) is 19.8. The molecule has 3 aliphatic heterocycles. The standard InChI is InChI=1S/C39H62O16S/c1-16(2)17(3)31-32(52-31)18(4)21-7-8-22-20-14-26(55-56(47,48)49)24-13-19(9-11-39(24,6)23(20)10-12-38(21,22)5)51-37-34(29(43)28(42)33(53-37)35(45)46)54-36-30(44)27(41)25(40)15-50-36/h10,16-22,24-34,36-37,40-44H,7-9,11-15H2,1-6H3,(H,45,46)(H,47,48,49)/t17-,18+,19+,20+,21-,22+,24-,25+,26+,27+,28+,29+,30-,31+,32+,33+,34-,36+,37-,38-,39-/m1/s1. The number of aliphatic hydroxyl groups excluding tert-OH is 5. The number of rotatable bonds is 11. The van der Waals surface area contributed by atoms with E-state index < -0.39 is 102 Å². The quantitative estimate of drug-likeness (QED) is 0.0680.